The van der Waals surface area contributed by atoms with Crippen molar-refractivity contribution in [3.63, 3.8) is 0 Å². The molecule has 6 heteroatoms. The van der Waals surface area contributed by atoms with E-state index >= 15 is 0 Å². The van der Waals surface area contributed by atoms with E-state index in [1.807, 2.05) is 23.4 Å². The average molecular weight is 292 g/mol. The number of hydrogen-bond acceptors (Lipinski definition) is 5. The molecule has 1 aliphatic heterocycles. The summed E-state index contributed by atoms with van der Waals surface area (Å²) in [4.78, 5) is 25.2. The van der Waals surface area contributed by atoms with Crippen LogP contribution in [-0.4, -0.2) is 53.2 Å². The predicted molar refractivity (Wildman–Crippen MR) is 79.9 cm³/mol. The Hall–Kier alpha value is -1.30. The van der Waals surface area contributed by atoms with Crippen molar-refractivity contribution in [2.24, 2.45) is 5.92 Å². The molecule has 0 bridgehead atoms. The molecule has 3 rings (SSSR count). The lowest BCUT2D eigenvalue weighted by atomic mass is 10.3. The molecular weight excluding hydrogens is 272 g/mol. The summed E-state index contributed by atoms with van der Waals surface area (Å²) < 4.78 is 0. The molecule has 1 saturated carbocycles. The molecule has 0 unspecified atom stereocenters. The van der Waals surface area contributed by atoms with Gasteiger partial charge in [-0.3, -0.25) is 4.79 Å². The number of carbonyl (C=O) groups excluding carboxylic acids is 1. The van der Waals surface area contributed by atoms with Crippen molar-refractivity contribution in [1.29, 1.82) is 0 Å². The highest BCUT2D eigenvalue weighted by Crippen LogP contribution is 2.31. The Kier molecular flexibility index (Phi) is 4.10. The minimum absolute atomic E-state index is 0.323. The molecule has 0 aromatic carbocycles. The first-order valence-corrected chi connectivity index (χ1v) is 8.41. The van der Waals surface area contributed by atoms with E-state index in [-0.39, 0.29) is 0 Å². The molecule has 2 heterocycles. The highest BCUT2D eigenvalue weighted by molar-refractivity contribution is 7.98. The molecule has 2 aliphatic rings. The zero-order valence-electron chi connectivity index (χ0n) is 11.8. The number of rotatable bonds is 3. The fraction of sp³-hybridized carbons (Fsp3) is 0.643. The molecule has 5 nitrogen and oxygen atoms in total. The number of anilines is 1. The van der Waals surface area contributed by atoms with E-state index in [1.165, 1.54) is 0 Å². The van der Waals surface area contributed by atoms with Crippen LogP contribution in [0, 0.1) is 5.92 Å². The van der Waals surface area contributed by atoms with Crippen LogP contribution in [0.3, 0.4) is 0 Å². The van der Waals surface area contributed by atoms with Gasteiger partial charge in [-0.2, -0.15) is 0 Å². The Labute approximate surface area is 123 Å². The summed E-state index contributed by atoms with van der Waals surface area (Å²) in [6.45, 7) is 3.52. The zero-order valence-corrected chi connectivity index (χ0v) is 12.6. The van der Waals surface area contributed by atoms with Gasteiger partial charge in [0, 0.05) is 38.3 Å². The minimum Gasteiger partial charge on any atom is -0.355 e. The van der Waals surface area contributed by atoms with Gasteiger partial charge in [0.1, 0.15) is 5.82 Å². The summed E-state index contributed by atoms with van der Waals surface area (Å²) in [7, 11) is 0. The molecule has 0 radical (unpaired) electrons. The molecule has 0 atom stereocenters. The fourth-order valence-electron chi connectivity index (χ4n) is 2.56. The highest BCUT2D eigenvalue weighted by atomic mass is 32.2. The Morgan fingerprint density at radius 1 is 1.30 bits per heavy atom. The van der Waals surface area contributed by atoms with Crippen LogP contribution < -0.4 is 4.90 Å². The Balaban J connectivity index is 1.65. The number of thioether (sulfide) groups is 1. The molecular formula is C14H20N4OS. The largest absolute Gasteiger partial charge is 0.355 e. The smallest absolute Gasteiger partial charge is 0.225 e. The maximum atomic E-state index is 12.1. The first kappa shape index (κ1) is 13.7. The van der Waals surface area contributed by atoms with Gasteiger partial charge >= 0.3 is 0 Å². The SMILES string of the molecule is CSc1nccc(N2CCCN(C(=O)C3CC3)CC2)n1. The van der Waals surface area contributed by atoms with E-state index in [0.717, 1.165) is 56.4 Å². The summed E-state index contributed by atoms with van der Waals surface area (Å²) in [6.07, 6.45) is 6.98. The number of amides is 1. The number of aromatic nitrogens is 2. The van der Waals surface area contributed by atoms with Crippen LogP contribution in [0.25, 0.3) is 0 Å². The van der Waals surface area contributed by atoms with Gasteiger partial charge in [-0.25, -0.2) is 9.97 Å². The maximum absolute atomic E-state index is 12.1. The fourth-order valence-corrected chi connectivity index (χ4v) is 2.91. The molecule has 1 aromatic heterocycles. The summed E-state index contributed by atoms with van der Waals surface area (Å²) in [6, 6.07) is 1.96. The average Bonchev–Trinajstić information content (AvgIpc) is 3.32. The lowest BCUT2D eigenvalue weighted by Gasteiger charge is -2.23. The maximum Gasteiger partial charge on any atom is 0.225 e. The Morgan fingerprint density at radius 3 is 2.90 bits per heavy atom. The number of hydrogen-bond donors (Lipinski definition) is 0. The van der Waals surface area contributed by atoms with Gasteiger partial charge in [-0.1, -0.05) is 11.8 Å². The lowest BCUT2D eigenvalue weighted by Crippen LogP contribution is -2.36. The van der Waals surface area contributed by atoms with Crippen LogP contribution in [-0.2, 0) is 4.79 Å². The number of carbonyl (C=O) groups is 1. The minimum atomic E-state index is 0.323. The van der Waals surface area contributed by atoms with E-state index in [1.54, 1.807) is 11.8 Å². The van der Waals surface area contributed by atoms with Gasteiger partial charge < -0.3 is 9.80 Å². The van der Waals surface area contributed by atoms with E-state index in [4.69, 9.17) is 0 Å². The third-order valence-electron chi connectivity index (χ3n) is 3.86. The van der Waals surface area contributed by atoms with Gasteiger partial charge in [-0.05, 0) is 31.6 Å². The second-order valence-corrected chi connectivity index (χ2v) is 6.12. The zero-order chi connectivity index (χ0) is 13.9. The molecule has 1 aromatic rings. The molecule has 2 fully saturated rings. The summed E-state index contributed by atoms with van der Waals surface area (Å²) in [5.41, 5.74) is 0. The van der Waals surface area contributed by atoms with Gasteiger partial charge in [-0.15, -0.1) is 0 Å². The second kappa shape index (κ2) is 5.99. The second-order valence-electron chi connectivity index (χ2n) is 5.34. The van der Waals surface area contributed by atoms with E-state index in [0.29, 0.717) is 11.8 Å². The quantitative estimate of drug-likeness (QED) is 0.626. The van der Waals surface area contributed by atoms with Gasteiger partial charge in [0.05, 0.1) is 0 Å². The number of nitrogens with zero attached hydrogens (tertiary/aromatic N) is 4. The lowest BCUT2D eigenvalue weighted by molar-refractivity contribution is -0.132. The van der Waals surface area contributed by atoms with E-state index in [2.05, 4.69) is 14.9 Å². The Morgan fingerprint density at radius 2 is 2.15 bits per heavy atom. The van der Waals surface area contributed by atoms with Crippen molar-refractivity contribution >= 4 is 23.5 Å². The summed E-state index contributed by atoms with van der Waals surface area (Å²) in [5, 5.41) is 0.803. The van der Waals surface area contributed by atoms with Gasteiger partial charge in [0.2, 0.25) is 5.91 Å². The molecule has 108 valence electrons. The molecule has 1 saturated heterocycles. The van der Waals surface area contributed by atoms with Crippen molar-refractivity contribution in [2.45, 2.75) is 24.4 Å². The summed E-state index contributed by atoms with van der Waals surface area (Å²) in [5.74, 6) is 1.66. The highest BCUT2D eigenvalue weighted by Gasteiger charge is 2.33. The third-order valence-corrected chi connectivity index (χ3v) is 4.42. The van der Waals surface area contributed by atoms with Crippen molar-refractivity contribution in [2.75, 3.05) is 37.3 Å². The van der Waals surface area contributed by atoms with E-state index < -0.39 is 0 Å². The van der Waals surface area contributed by atoms with Gasteiger partial charge in [0.15, 0.2) is 5.16 Å². The van der Waals surface area contributed by atoms with Crippen LogP contribution in [0.5, 0.6) is 0 Å². The van der Waals surface area contributed by atoms with Crippen molar-refractivity contribution in [1.82, 2.24) is 14.9 Å². The van der Waals surface area contributed by atoms with Crippen LogP contribution >= 0.6 is 11.8 Å². The molecule has 20 heavy (non-hydrogen) atoms. The van der Waals surface area contributed by atoms with E-state index in [9.17, 15) is 4.79 Å². The van der Waals surface area contributed by atoms with Crippen molar-refractivity contribution < 1.29 is 4.79 Å². The van der Waals surface area contributed by atoms with Gasteiger partial charge in [0.25, 0.3) is 0 Å². The van der Waals surface area contributed by atoms with Crippen LogP contribution in [0.4, 0.5) is 5.82 Å². The molecule has 1 aliphatic carbocycles. The van der Waals surface area contributed by atoms with Crippen LogP contribution in [0.1, 0.15) is 19.3 Å². The van der Waals surface area contributed by atoms with Crippen LogP contribution in [0.2, 0.25) is 0 Å². The molecule has 1 amide bonds. The van der Waals surface area contributed by atoms with Crippen molar-refractivity contribution in [3.8, 4) is 0 Å². The predicted octanol–water partition coefficient (Wildman–Crippen LogP) is 1.65. The van der Waals surface area contributed by atoms with Crippen LogP contribution in [0.15, 0.2) is 17.4 Å². The monoisotopic (exact) mass is 292 g/mol. The van der Waals surface area contributed by atoms with Crippen molar-refractivity contribution in [3.05, 3.63) is 12.3 Å². The first-order chi connectivity index (χ1) is 9.78. The molecule has 0 N–H and O–H groups in total. The summed E-state index contributed by atoms with van der Waals surface area (Å²) >= 11 is 1.56. The first-order valence-electron chi connectivity index (χ1n) is 7.18. The Bertz CT molecular complexity index is 492. The normalized spacial score (nSPS) is 19.9. The standard InChI is InChI=1S/C14H20N4OS/c1-20-14-15-6-5-12(16-14)17-7-2-8-18(10-9-17)13(19)11-3-4-11/h5-6,11H,2-4,7-10H2,1H3. The topological polar surface area (TPSA) is 49.3 Å². The molecule has 0 spiro atoms. The third kappa shape index (κ3) is 3.06.